The van der Waals surface area contributed by atoms with Crippen LogP contribution in [0.5, 0.6) is 0 Å². The van der Waals surface area contributed by atoms with Gasteiger partial charge in [-0.1, -0.05) is 6.42 Å². The van der Waals surface area contributed by atoms with Gasteiger partial charge in [-0.25, -0.2) is 13.4 Å². The minimum atomic E-state index is -3.58. The Hall–Kier alpha value is -2.49. The van der Waals surface area contributed by atoms with Crippen molar-refractivity contribution in [3.8, 4) is 0 Å². The van der Waals surface area contributed by atoms with Crippen molar-refractivity contribution < 1.29 is 17.9 Å². The van der Waals surface area contributed by atoms with Gasteiger partial charge in [0.2, 0.25) is 10.0 Å². The van der Waals surface area contributed by atoms with E-state index >= 15 is 0 Å². The number of amides is 1. The summed E-state index contributed by atoms with van der Waals surface area (Å²) in [5, 5.41) is 2.83. The first-order chi connectivity index (χ1) is 16.1. The Balaban J connectivity index is 1.42. The molecule has 1 N–H and O–H groups in total. The average Bonchev–Trinajstić information content (AvgIpc) is 2.78. The highest BCUT2D eigenvalue weighted by Gasteiger charge is 2.35. The molecule has 9 heteroatoms. The summed E-state index contributed by atoms with van der Waals surface area (Å²) in [6.07, 6.45) is 4.60. The summed E-state index contributed by atoms with van der Waals surface area (Å²) in [6, 6.07) is 9.92. The van der Waals surface area contributed by atoms with Crippen molar-refractivity contribution in [2.75, 3.05) is 23.3 Å². The van der Waals surface area contributed by atoms with Gasteiger partial charge in [0, 0.05) is 37.1 Å². The van der Waals surface area contributed by atoms with Crippen molar-refractivity contribution in [1.82, 2.24) is 9.29 Å². The molecule has 0 bridgehead atoms. The molecule has 0 aliphatic carbocycles. The van der Waals surface area contributed by atoms with Crippen molar-refractivity contribution in [2.45, 2.75) is 76.1 Å². The van der Waals surface area contributed by atoms with Crippen LogP contribution in [0.3, 0.4) is 0 Å². The van der Waals surface area contributed by atoms with Gasteiger partial charge in [-0.05, 0) is 76.9 Å². The number of ether oxygens (including phenoxy) is 1. The fourth-order valence-corrected chi connectivity index (χ4v) is 6.86. The zero-order valence-corrected chi connectivity index (χ0v) is 21.1. The third-order valence-electron chi connectivity index (χ3n) is 6.55. The van der Waals surface area contributed by atoms with E-state index in [1.54, 1.807) is 40.8 Å². The summed E-state index contributed by atoms with van der Waals surface area (Å²) in [6.45, 7) is 9.51. The standard InChI is InChI=1S/C25H34N4O4S/c1-17-6-5-7-18(2)29(17)34(31,32)23-11-9-22(10-12-23)27-25(30)21-8-13-24(26-14-21)28-15-19(3)33-20(4)16-28/h8-14,17-20H,5-7,15-16H2,1-4H3,(H,27,30). The second-order valence-corrected chi connectivity index (χ2v) is 11.4. The number of morpholine rings is 1. The predicted molar refractivity (Wildman–Crippen MR) is 133 cm³/mol. The number of rotatable bonds is 5. The molecular formula is C25H34N4O4S. The van der Waals surface area contributed by atoms with E-state index in [9.17, 15) is 13.2 Å². The van der Waals surface area contributed by atoms with Crippen LogP contribution in [-0.4, -0.2) is 61.0 Å². The molecule has 1 aromatic carbocycles. The minimum Gasteiger partial charge on any atom is -0.372 e. The first-order valence-electron chi connectivity index (χ1n) is 12.0. The maximum Gasteiger partial charge on any atom is 0.257 e. The first-order valence-corrected chi connectivity index (χ1v) is 13.4. The lowest BCUT2D eigenvalue weighted by atomic mass is 10.0. The molecule has 0 radical (unpaired) electrons. The highest BCUT2D eigenvalue weighted by molar-refractivity contribution is 7.89. The van der Waals surface area contributed by atoms with Crippen molar-refractivity contribution in [3.63, 3.8) is 0 Å². The normalized spacial score (nSPS) is 26.3. The molecule has 1 amide bonds. The Morgan fingerprint density at radius 2 is 1.59 bits per heavy atom. The van der Waals surface area contributed by atoms with Crippen LogP contribution in [0.4, 0.5) is 11.5 Å². The Kier molecular flexibility index (Phi) is 7.25. The Morgan fingerprint density at radius 1 is 0.971 bits per heavy atom. The summed E-state index contributed by atoms with van der Waals surface area (Å²) in [7, 11) is -3.58. The molecule has 8 nitrogen and oxygen atoms in total. The van der Waals surface area contributed by atoms with Gasteiger partial charge in [-0.3, -0.25) is 4.79 Å². The molecule has 2 saturated heterocycles. The van der Waals surface area contributed by atoms with Gasteiger partial charge in [0.05, 0.1) is 22.7 Å². The molecule has 3 heterocycles. The van der Waals surface area contributed by atoms with E-state index in [4.69, 9.17) is 4.74 Å². The van der Waals surface area contributed by atoms with Crippen LogP contribution in [0.2, 0.25) is 0 Å². The van der Waals surface area contributed by atoms with Crippen LogP contribution >= 0.6 is 0 Å². The second-order valence-electron chi connectivity index (χ2n) is 9.51. The molecule has 184 valence electrons. The molecule has 4 unspecified atom stereocenters. The Bertz CT molecular complexity index is 1080. The maximum absolute atomic E-state index is 13.2. The number of carbonyl (C=O) groups excluding carboxylic acids is 1. The molecule has 0 saturated carbocycles. The van der Waals surface area contributed by atoms with Gasteiger partial charge >= 0.3 is 0 Å². The van der Waals surface area contributed by atoms with Crippen LogP contribution in [0.25, 0.3) is 0 Å². The number of hydrogen-bond acceptors (Lipinski definition) is 6. The van der Waals surface area contributed by atoms with Gasteiger partial charge in [0.15, 0.2) is 0 Å². The number of nitrogens with zero attached hydrogens (tertiary/aromatic N) is 3. The minimum absolute atomic E-state index is 0.0208. The molecule has 34 heavy (non-hydrogen) atoms. The van der Waals surface area contributed by atoms with E-state index in [0.717, 1.165) is 38.2 Å². The first kappa shape index (κ1) is 24.6. The molecule has 2 aromatic rings. The molecule has 4 rings (SSSR count). The smallest absolute Gasteiger partial charge is 0.257 e. The number of anilines is 2. The SMILES string of the molecule is CC1CN(c2ccc(C(=O)Nc3ccc(S(=O)(=O)N4C(C)CCCC4C)cc3)cn2)CC(C)O1. The Labute approximate surface area is 202 Å². The molecule has 0 spiro atoms. The second kappa shape index (κ2) is 10.0. The lowest BCUT2D eigenvalue weighted by molar-refractivity contribution is -0.00546. The van der Waals surface area contributed by atoms with Gasteiger partial charge in [0.25, 0.3) is 5.91 Å². The third kappa shape index (κ3) is 5.26. The van der Waals surface area contributed by atoms with E-state index in [0.29, 0.717) is 11.3 Å². The van der Waals surface area contributed by atoms with E-state index < -0.39 is 10.0 Å². The number of pyridine rings is 1. The van der Waals surface area contributed by atoms with E-state index in [1.165, 1.54) is 0 Å². The number of carbonyl (C=O) groups is 1. The Morgan fingerprint density at radius 3 is 2.15 bits per heavy atom. The van der Waals surface area contributed by atoms with Gasteiger partial charge in [-0.15, -0.1) is 0 Å². The largest absolute Gasteiger partial charge is 0.372 e. The number of benzene rings is 1. The summed E-state index contributed by atoms with van der Waals surface area (Å²) in [5.41, 5.74) is 0.967. The maximum atomic E-state index is 13.2. The quantitative estimate of drug-likeness (QED) is 0.689. The number of sulfonamides is 1. The van der Waals surface area contributed by atoms with Crippen molar-refractivity contribution >= 4 is 27.4 Å². The lowest BCUT2D eigenvalue weighted by Gasteiger charge is -2.37. The fraction of sp³-hybridized carbons (Fsp3) is 0.520. The fourth-order valence-electron chi connectivity index (χ4n) is 4.98. The zero-order chi connectivity index (χ0) is 24.5. The topological polar surface area (TPSA) is 91.8 Å². The third-order valence-corrected chi connectivity index (χ3v) is 8.70. The summed E-state index contributed by atoms with van der Waals surface area (Å²) in [4.78, 5) is 19.6. The van der Waals surface area contributed by atoms with E-state index in [2.05, 4.69) is 15.2 Å². The molecule has 2 aliphatic rings. The van der Waals surface area contributed by atoms with Crippen molar-refractivity contribution in [1.29, 1.82) is 0 Å². The number of aromatic nitrogens is 1. The summed E-state index contributed by atoms with van der Waals surface area (Å²) >= 11 is 0. The molecule has 2 fully saturated rings. The predicted octanol–water partition coefficient (Wildman–Crippen LogP) is 3.90. The van der Waals surface area contributed by atoms with Crippen LogP contribution in [0.1, 0.15) is 57.3 Å². The number of hydrogen-bond donors (Lipinski definition) is 1. The van der Waals surface area contributed by atoms with Crippen LogP contribution < -0.4 is 10.2 Å². The molecular weight excluding hydrogens is 452 g/mol. The van der Waals surface area contributed by atoms with Crippen LogP contribution in [0.15, 0.2) is 47.5 Å². The highest BCUT2D eigenvalue weighted by Crippen LogP contribution is 2.30. The summed E-state index contributed by atoms with van der Waals surface area (Å²) < 4.78 is 33.8. The zero-order valence-electron chi connectivity index (χ0n) is 20.3. The molecule has 1 aromatic heterocycles. The van der Waals surface area contributed by atoms with Gasteiger partial charge < -0.3 is 15.0 Å². The monoisotopic (exact) mass is 486 g/mol. The lowest BCUT2D eigenvalue weighted by Crippen LogP contribution is -2.47. The number of piperidine rings is 1. The van der Waals surface area contributed by atoms with E-state index in [1.807, 2.05) is 33.8 Å². The van der Waals surface area contributed by atoms with Gasteiger partial charge in [0.1, 0.15) is 5.82 Å². The van der Waals surface area contributed by atoms with Crippen molar-refractivity contribution in [3.05, 3.63) is 48.2 Å². The summed E-state index contributed by atoms with van der Waals surface area (Å²) in [5.74, 6) is 0.519. The van der Waals surface area contributed by atoms with Crippen LogP contribution in [-0.2, 0) is 14.8 Å². The highest BCUT2D eigenvalue weighted by atomic mass is 32.2. The van der Waals surface area contributed by atoms with E-state index in [-0.39, 0.29) is 35.1 Å². The van der Waals surface area contributed by atoms with Gasteiger partial charge in [-0.2, -0.15) is 4.31 Å². The molecule has 2 aliphatic heterocycles. The number of nitrogens with one attached hydrogen (secondary N) is 1. The van der Waals surface area contributed by atoms with Crippen molar-refractivity contribution in [2.24, 2.45) is 0 Å². The molecule has 4 atom stereocenters. The van der Waals surface area contributed by atoms with Crippen LogP contribution in [0, 0.1) is 0 Å². The average molecular weight is 487 g/mol.